The smallest absolute Gasteiger partial charge is 0.261 e. The molecule has 2 aliphatic carbocycles. The van der Waals surface area contributed by atoms with Gasteiger partial charge in [0.2, 0.25) is 5.91 Å². The second-order valence-electron chi connectivity index (χ2n) is 8.53. The van der Waals surface area contributed by atoms with Crippen LogP contribution in [0.25, 0.3) is 0 Å². The Hall–Kier alpha value is -1.40. The molecule has 4 rings (SSSR count). The first-order chi connectivity index (χ1) is 13.7. The van der Waals surface area contributed by atoms with Gasteiger partial charge in [0.25, 0.3) is 5.91 Å². The normalized spacial score (nSPS) is 27.6. The average molecular weight is 405 g/mol. The van der Waals surface area contributed by atoms with Gasteiger partial charge in [0.05, 0.1) is 11.0 Å². The molecule has 1 aromatic heterocycles. The Labute approximate surface area is 171 Å². The Morgan fingerprint density at radius 3 is 2.64 bits per heavy atom. The summed E-state index contributed by atoms with van der Waals surface area (Å²) in [5.74, 6) is 0.327. The second-order valence-corrected chi connectivity index (χ2v) is 9.41. The zero-order chi connectivity index (χ0) is 19.3. The van der Waals surface area contributed by atoms with Crippen LogP contribution in [0.1, 0.15) is 78.6 Å². The third kappa shape index (κ3) is 4.77. The first-order valence-electron chi connectivity index (χ1n) is 11.0. The molecule has 1 aliphatic heterocycles. The number of aryl methyl sites for hydroxylation is 1. The molecule has 154 valence electrons. The zero-order valence-corrected chi connectivity index (χ0v) is 17.5. The molecule has 1 aromatic rings. The van der Waals surface area contributed by atoms with Crippen LogP contribution in [0.4, 0.5) is 0 Å². The van der Waals surface area contributed by atoms with Crippen LogP contribution in [0.3, 0.4) is 0 Å². The van der Waals surface area contributed by atoms with Gasteiger partial charge in [0.1, 0.15) is 0 Å². The van der Waals surface area contributed by atoms with Gasteiger partial charge in [-0.05, 0) is 87.1 Å². The highest BCUT2D eigenvalue weighted by Crippen LogP contribution is 2.31. The van der Waals surface area contributed by atoms with Crippen molar-refractivity contribution in [1.29, 1.82) is 0 Å². The van der Waals surface area contributed by atoms with Gasteiger partial charge in [-0.3, -0.25) is 9.59 Å². The van der Waals surface area contributed by atoms with E-state index in [1.165, 1.54) is 30.4 Å². The number of hydrogen-bond acceptors (Lipinski definition) is 4. The van der Waals surface area contributed by atoms with Crippen molar-refractivity contribution in [2.45, 2.75) is 82.8 Å². The largest absolute Gasteiger partial charge is 0.376 e. The quantitative estimate of drug-likeness (QED) is 0.788. The van der Waals surface area contributed by atoms with Crippen LogP contribution in [0.5, 0.6) is 0 Å². The van der Waals surface area contributed by atoms with E-state index in [0.717, 1.165) is 62.9 Å². The number of carbonyl (C=O) groups is 2. The summed E-state index contributed by atoms with van der Waals surface area (Å²) in [6.45, 7) is 1.46. The molecular weight excluding hydrogens is 372 g/mol. The maximum absolute atomic E-state index is 12.7. The van der Waals surface area contributed by atoms with Crippen LogP contribution in [-0.2, 0) is 22.4 Å². The van der Waals surface area contributed by atoms with E-state index in [1.54, 1.807) is 11.3 Å². The van der Waals surface area contributed by atoms with Gasteiger partial charge in [0.15, 0.2) is 0 Å². The van der Waals surface area contributed by atoms with Gasteiger partial charge in [-0.2, -0.15) is 0 Å². The molecule has 0 radical (unpaired) electrons. The van der Waals surface area contributed by atoms with E-state index in [1.807, 2.05) is 0 Å². The minimum atomic E-state index is 0.0752. The van der Waals surface area contributed by atoms with Gasteiger partial charge in [-0.1, -0.05) is 0 Å². The van der Waals surface area contributed by atoms with Crippen molar-refractivity contribution in [1.82, 2.24) is 10.6 Å². The molecule has 0 bridgehead atoms. The van der Waals surface area contributed by atoms with E-state index in [9.17, 15) is 9.59 Å². The first-order valence-corrected chi connectivity index (χ1v) is 11.9. The molecule has 1 saturated carbocycles. The van der Waals surface area contributed by atoms with Crippen LogP contribution in [0.2, 0.25) is 0 Å². The first kappa shape index (κ1) is 19.9. The number of rotatable bonds is 5. The fraction of sp³-hybridized carbons (Fsp3) is 0.727. The maximum atomic E-state index is 12.7. The maximum Gasteiger partial charge on any atom is 0.261 e. The van der Waals surface area contributed by atoms with Crippen LogP contribution >= 0.6 is 11.3 Å². The lowest BCUT2D eigenvalue weighted by molar-refractivity contribution is -0.126. The number of ether oxygens (including phenoxy) is 1. The van der Waals surface area contributed by atoms with Crippen LogP contribution < -0.4 is 10.6 Å². The summed E-state index contributed by atoms with van der Waals surface area (Å²) in [4.78, 5) is 26.1. The molecule has 6 heteroatoms. The lowest BCUT2D eigenvalue weighted by Gasteiger charge is -2.29. The molecule has 2 N–H and O–H groups in total. The van der Waals surface area contributed by atoms with Crippen LogP contribution in [-0.4, -0.2) is 37.1 Å². The van der Waals surface area contributed by atoms with Crippen molar-refractivity contribution in [3.63, 3.8) is 0 Å². The van der Waals surface area contributed by atoms with E-state index in [-0.39, 0.29) is 29.9 Å². The third-order valence-electron chi connectivity index (χ3n) is 6.52. The van der Waals surface area contributed by atoms with Crippen molar-refractivity contribution >= 4 is 23.2 Å². The summed E-state index contributed by atoms with van der Waals surface area (Å²) in [5, 5.41) is 8.49. The molecule has 3 aliphatic rings. The molecule has 1 atom stereocenters. The van der Waals surface area contributed by atoms with Crippen molar-refractivity contribution in [2.24, 2.45) is 5.92 Å². The SMILES string of the molecule is O=C(NC1CCC(C(=O)NCC2CCCCO2)CC1)c1scc2c1CCCC2. The summed E-state index contributed by atoms with van der Waals surface area (Å²) >= 11 is 1.60. The van der Waals surface area contributed by atoms with E-state index < -0.39 is 0 Å². The topological polar surface area (TPSA) is 67.4 Å². The average Bonchev–Trinajstić information content (AvgIpc) is 3.18. The molecule has 1 unspecified atom stereocenters. The van der Waals surface area contributed by atoms with E-state index in [2.05, 4.69) is 16.0 Å². The lowest BCUT2D eigenvalue weighted by Crippen LogP contribution is -2.42. The van der Waals surface area contributed by atoms with Gasteiger partial charge >= 0.3 is 0 Å². The second kappa shape index (κ2) is 9.40. The molecule has 2 heterocycles. The number of thiophene rings is 1. The highest BCUT2D eigenvalue weighted by Gasteiger charge is 2.29. The summed E-state index contributed by atoms with van der Waals surface area (Å²) in [7, 11) is 0. The van der Waals surface area contributed by atoms with Gasteiger partial charge in [-0.25, -0.2) is 0 Å². The van der Waals surface area contributed by atoms with Crippen molar-refractivity contribution in [3.05, 3.63) is 21.4 Å². The van der Waals surface area contributed by atoms with Gasteiger partial charge in [-0.15, -0.1) is 11.3 Å². The molecule has 0 spiro atoms. The number of amides is 2. The molecular formula is C22H32N2O3S. The number of hydrogen-bond donors (Lipinski definition) is 2. The predicted molar refractivity (Wildman–Crippen MR) is 111 cm³/mol. The van der Waals surface area contributed by atoms with Crippen molar-refractivity contribution in [2.75, 3.05) is 13.2 Å². The van der Waals surface area contributed by atoms with Crippen LogP contribution in [0, 0.1) is 5.92 Å². The summed E-state index contributed by atoms with van der Waals surface area (Å²) in [6.07, 6.45) is 11.6. The molecule has 28 heavy (non-hydrogen) atoms. The molecule has 0 aromatic carbocycles. The highest BCUT2D eigenvalue weighted by molar-refractivity contribution is 7.12. The number of nitrogens with one attached hydrogen (secondary N) is 2. The van der Waals surface area contributed by atoms with Crippen molar-refractivity contribution in [3.8, 4) is 0 Å². The van der Waals surface area contributed by atoms with E-state index in [0.29, 0.717) is 6.54 Å². The van der Waals surface area contributed by atoms with E-state index >= 15 is 0 Å². The molecule has 2 amide bonds. The summed E-state index contributed by atoms with van der Waals surface area (Å²) < 4.78 is 5.69. The Bertz CT molecular complexity index is 688. The van der Waals surface area contributed by atoms with E-state index in [4.69, 9.17) is 4.74 Å². The standard InChI is InChI=1S/C22H32N2O3S/c25-21(23-13-18-6-3-4-12-27-18)15-8-10-17(11-9-15)24-22(26)20-19-7-2-1-5-16(19)14-28-20/h14-15,17-18H,1-13H2,(H,23,25)(H,24,26). The Kier molecular flexibility index (Phi) is 6.68. The Morgan fingerprint density at radius 1 is 1.04 bits per heavy atom. The minimum Gasteiger partial charge on any atom is -0.376 e. The lowest BCUT2D eigenvalue weighted by atomic mass is 9.85. The fourth-order valence-corrected chi connectivity index (χ4v) is 5.85. The van der Waals surface area contributed by atoms with Crippen molar-refractivity contribution < 1.29 is 14.3 Å². The third-order valence-corrected chi connectivity index (χ3v) is 7.59. The number of fused-ring (bicyclic) bond motifs is 1. The highest BCUT2D eigenvalue weighted by atomic mass is 32.1. The fourth-order valence-electron chi connectivity index (χ4n) is 4.79. The molecule has 5 nitrogen and oxygen atoms in total. The monoisotopic (exact) mass is 404 g/mol. The predicted octanol–water partition coefficient (Wildman–Crippen LogP) is 3.60. The number of carbonyl (C=O) groups excluding carboxylic acids is 2. The van der Waals surface area contributed by atoms with Gasteiger partial charge in [0, 0.05) is 25.1 Å². The Balaban J connectivity index is 1.21. The molecule has 2 fully saturated rings. The van der Waals surface area contributed by atoms with Crippen LogP contribution in [0.15, 0.2) is 5.38 Å². The summed E-state index contributed by atoms with van der Waals surface area (Å²) in [6, 6.07) is 0.194. The van der Waals surface area contributed by atoms with Gasteiger partial charge < -0.3 is 15.4 Å². The Morgan fingerprint density at radius 2 is 1.86 bits per heavy atom. The minimum absolute atomic E-state index is 0.0752. The summed E-state index contributed by atoms with van der Waals surface area (Å²) in [5.41, 5.74) is 2.66. The zero-order valence-electron chi connectivity index (χ0n) is 16.6. The molecule has 1 saturated heterocycles.